The Kier molecular flexibility index (Phi) is 7.39. The van der Waals surface area contributed by atoms with Crippen molar-refractivity contribution < 1.29 is 0 Å². The van der Waals surface area contributed by atoms with Crippen molar-refractivity contribution in [1.82, 2.24) is 23.7 Å². The number of hydrogen-bond donors (Lipinski definition) is 0. The van der Waals surface area contributed by atoms with Gasteiger partial charge in [0.05, 0.1) is 44.5 Å². The minimum atomic E-state index is 0.685. The van der Waals surface area contributed by atoms with Gasteiger partial charge in [-0.25, -0.2) is 9.97 Å². The molecule has 0 N–H and O–H groups in total. The first-order valence-electron chi connectivity index (χ1n) is 22.0. The van der Waals surface area contributed by atoms with E-state index in [1.165, 1.54) is 76.6 Å². The van der Waals surface area contributed by atoms with Crippen molar-refractivity contribution in [3.05, 3.63) is 223 Å². The number of para-hydroxylation sites is 4. The third-order valence-electron chi connectivity index (χ3n) is 13.5. The Labute approximate surface area is 368 Å². The summed E-state index contributed by atoms with van der Waals surface area (Å²) in [6.07, 6.45) is 0.824. The van der Waals surface area contributed by atoms with Crippen LogP contribution >= 0.6 is 0 Å². The lowest BCUT2D eigenvalue weighted by molar-refractivity contribution is 0.985. The molecule has 0 atom stereocenters. The molecule has 9 aromatic carbocycles. The van der Waals surface area contributed by atoms with E-state index in [1.807, 2.05) is 0 Å². The van der Waals surface area contributed by atoms with Crippen molar-refractivity contribution in [2.45, 2.75) is 6.42 Å². The third-order valence-corrected chi connectivity index (χ3v) is 13.5. The summed E-state index contributed by atoms with van der Waals surface area (Å²) in [6.45, 7) is 0. The topological polar surface area (TPSA) is 40.6 Å². The molecule has 14 rings (SSSR count). The maximum absolute atomic E-state index is 5.41. The Morgan fingerprint density at radius 1 is 0.312 bits per heavy atom. The second-order valence-electron chi connectivity index (χ2n) is 17.0. The van der Waals surface area contributed by atoms with Crippen LogP contribution in [0.5, 0.6) is 0 Å². The lowest BCUT2D eigenvalue weighted by Crippen LogP contribution is -2.05. The number of aromatic nitrogens is 5. The van der Waals surface area contributed by atoms with Gasteiger partial charge in [-0.2, -0.15) is 0 Å². The van der Waals surface area contributed by atoms with Crippen LogP contribution < -0.4 is 0 Å². The summed E-state index contributed by atoms with van der Waals surface area (Å²) in [4.78, 5) is 10.8. The molecule has 4 aromatic heterocycles. The van der Waals surface area contributed by atoms with Gasteiger partial charge in [0.2, 0.25) is 5.95 Å². The largest absolute Gasteiger partial charge is 0.309 e. The zero-order valence-electron chi connectivity index (χ0n) is 34.7. The van der Waals surface area contributed by atoms with Crippen molar-refractivity contribution >= 4 is 65.4 Å². The number of nitrogens with zero attached hydrogens (tertiary/aromatic N) is 5. The summed E-state index contributed by atoms with van der Waals surface area (Å²) >= 11 is 0. The average Bonchev–Trinajstić information content (AvgIpc) is 4.10. The lowest BCUT2D eigenvalue weighted by atomic mass is 10.0. The maximum Gasteiger partial charge on any atom is 0.235 e. The van der Waals surface area contributed by atoms with Crippen LogP contribution in [-0.2, 0) is 6.42 Å². The minimum Gasteiger partial charge on any atom is -0.309 e. The summed E-state index contributed by atoms with van der Waals surface area (Å²) in [6, 6.07) is 76.8. The Bertz CT molecular complexity index is 4040. The first-order chi connectivity index (χ1) is 31.7. The summed E-state index contributed by atoms with van der Waals surface area (Å²) in [7, 11) is 0. The van der Waals surface area contributed by atoms with E-state index in [1.54, 1.807) is 0 Å². The molecule has 0 spiro atoms. The van der Waals surface area contributed by atoms with E-state index < -0.39 is 0 Å². The van der Waals surface area contributed by atoms with E-state index >= 15 is 0 Å². The molecule has 5 nitrogen and oxygen atoms in total. The van der Waals surface area contributed by atoms with E-state index in [4.69, 9.17) is 9.97 Å². The molecular weight excluding hydrogens is 779 g/mol. The molecule has 1 aliphatic rings. The molecule has 13 aromatic rings. The Hall–Kier alpha value is -8.54. The van der Waals surface area contributed by atoms with Gasteiger partial charge in [0.1, 0.15) is 0 Å². The summed E-state index contributed by atoms with van der Waals surface area (Å²) in [5.41, 5.74) is 18.4. The molecule has 0 saturated heterocycles. The molecule has 0 aliphatic heterocycles. The molecule has 0 unspecified atom stereocenters. The average molecular weight is 816 g/mol. The molecule has 4 heterocycles. The number of fused-ring (bicyclic) bond motifs is 12. The van der Waals surface area contributed by atoms with Crippen molar-refractivity contribution in [2.24, 2.45) is 0 Å². The molecule has 5 heteroatoms. The summed E-state index contributed by atoms with van der Waals surface area (Å²) in [5, 5.41) is 7.28. The standard InChI is InChI=1S/C59H37N5/c1-3-15-37(16-4-1)57-50-35-40-17-7-8-20-43(40)58(50)61-59(60-57)64-53-26-14-11-22-45(53)48-34-39(28-31-56(48)64)38-27-30-54-47(33-38)44-21-9-13-25-52(44)63(54)42-29-32-55-49(36-42)46-23-10-12-24-51(46)62(55)41-18-5-2-6-19-41/h1-34,36H,35H2. The molecule has 0 fully saturated rings. The van der Waals surface area contributed by atoms with Crippen molar-refractivity contribution in [1.29, 1.82) is 0 Å². The first-order valence-corrected chi connectivity index (χ1v) is 22.0. The highest BCUT2D eigenvalue weighted by atomic mass is 15.2. The van der Waals surface area contributed by atoms with Gasteiger partial charge in [-0.15, -0.1) is 0 Å². The predicted octanol–water partition coefficient (Wildman–Crippen LogP) is 14.7. The lowest BCUT2D eigenvalue weighted by Gasteiger charge is -2.13. The smallest absolute Gasteiger partial charge is 0.235 e. The van der Waals surface area contributed by atoms with Gasteiger partial charge in [0, 0.05) is 66.8 Å². The Morgan fingerprint density at radius 2 is 0.781 bits per heavy atom. The molecule has 64 heavy (non-hydrogen) atoms. The van der Waals surface area contributed by atoms with Gasteiger partial charge < -0.3 is 9.13 Å². The van der Waals surface area contributed by atoms with Gasteiger partial charge in [-0.3, -0.25) is 4.57 Å². The quantitative estimate of drug-likeness (QED) is 0.174. The van der Waals surface area contributed by atoms with E-state index in [2.05, 4.69) is 226 Å². The highest BCUT2D eigenvalue weighted by molar-refractivity contribution is 6.14. The monoisotopic (exact) mass is 815 g/mol. The van der Waals surface area contributed by atoms with Crippen molar-refractivity contribution in [3.8, 4) is 51.0 Å². The van der Waals surface area contributed by atoms with Crippen LogP contribution in [0.25, 0.3) is 116 Å². The molecule has 298 valence electrons. The van der Waals surface area contributed by atoms with Crippen molar-refractivity contribution in [3.63, 3.8) is 0 Å². The van der Waals surface area contributed by atoms with Gasteiger partial charge in [0.15, 0.2) is 0 Å². The molecule has 0 radical (unpaired) electrons. The van der Waals surface area contributed by atoms with E-state index in [-0.39, 0.29) is 0 Å². The Morgan fingerprint density at radius 3 is 1.44 bits per heavy atom. The second-order valence-corrected chi connectivity index (χ2v) is 17.0. The van der Waals surface area contributed by atoms with Gasteiger partial charge in [0.25, 0.3) is 0 Å². The van der Waals surface area contributed by atoms with Gasteiger partial charge in [-0.1, -0.05) is 140 Å². The van der Waals surface area contributed by atoms with E-state index in [0.717, 1.165) is 51.3 Å². The molecule has 0 saturated carbocycles. The fourth-order valence-corrected chi connectivity index (χ4v) is 10.6. The van der Waals surface area contributed by atoms with E-state index in [0.29, 0.717) is 5.95 Å². The first kappa shape index (κ1) is 35.1. The number of hydrogen-bond acceptors (Lipinski definition) is 2. The van der Waals surface area contributed by atoms with Crippen LogP contribution in [0.3, 0.4) is 0 Å². The van der Waals surface area contributed by atoms with Crippen LogP contribution in [-0.4, -0.2) is 23.7 Å². The van der Waals surface area contributed by atoms with Crippen LogP contribution in [0.4, 0.5) is 0 Å². The number of rotatable bonds is 5. The highest BCUT2D eigenvalue weighted by Crippen LogP contribution is 2.43. The molecule has 0 amide bonds. The Balaban J connectivity index is 0.929. The van der Waals surface area contributed by atoms with Crippen LogP contribution in [0.2, 0.25) is 0 Å². The van der Waals surface area contributed by atoms with E-state index in [9.17, 15) is 0 Å². The fourth-order valence-electron chi connectivity index (χ4n) is 10.6. The second kappa shape index (κ2) is 13.5. The molecule has 1 aliphatic carbocycles. The van der Waals surface area contributed by atoms with Crippen molar-refractivity contribution in [2.75, 3.05) is 0 Å². The van der Waals surface area contributed by atoms with Crippen LogP contribution in [0.15, 0.2) is 212 Å². The SMILES string of the molecule is c1ccc(-c2nc(-n3c4ccccc4c4cc(-c5ccc6c(c5)c5ccccc5n6-c5ccc6c(c5)c5ccccc5n6-c5ccccc5)ccc43)nc3c2Cc2ccccc2-3)cc1. The fraction of sp³-hybridized carbons (Fsp3) is 0.0169. The predicted molar refractivity (Wildman–Crippen MR) is 264 cm³/mol. The molecule has 0 bridgehead atoms. The van der Waals surface area contributed by atoms with Gasteiger partial charge >= 0.3 is 0 Å². The highest BCUT2D eigenvalue weighted by Gasteiger charge is 2.27. The summed E-state index contributed by atoms with van der Waals surface area (Å²) in [5.74, 6) is 0.685. The van der Waals surface area contributed by atoms with Crippen LogP contribution in [0.1, 0.15) is 11.1 Å². The third kappa shape index (κ3) is 5.06. The number of benzene rings is 9. The maximum atomic E-state index is 5.41. The normalized spacial score (nSPS) is 12.3. The molecular formula is C59H37N5. The minimum absolute atomic E-state index is 0.685. The van der Waals surface area contributed by atoms with Crippen LogP contribution in [0, 0.1) is 0 Å². The van der Waals surface area contributed by atoms with Gasteiger partial charge in [-0.05, 0) is 89.5 Å². The summed E-state index contributed by atoms with van der Waals surface area (Å²) < 4.78 is 7.06. The zero-order valence-corrected chi connectivity index (χ0v) is 34.7. The zero-order chi connectivity index (χ0) is 41.9.